The number of rotatable bonds is 7. The highest BCUT2D eigenvalue weighted by atomic mass is 15.3. The van der Waals surface area contributed by atoms with Gasteiger partial charge in [-0.25, -0.2) is 0 Å². The minimum Gasteiger partial charge on any atom is -0.330 e. The summed E-state index contributed by atoms with van der Waals surface area (Å²) in [6.07, 6.45) is 6.70. The third-order valence-electron chi connectivity index (χ3n) is 4.62. The summed E-state index contributed by atoms with van der Waals surface area (Å²) in [5, 5.41) is 0. The van der Waals surface area contributed by atoms with E-state index in [1.807, 2.05) is 0 Å². The quantitative estimate of drug-likeness (QED) is 0.752. The van der Waals surface area contributed by atoms with Gasteiger partial charge < -0.3 is 10.6 Å². The van der Waals surface area contributed by atoms with Gasteiger partial charge in [0.05, 0.1) is 0 Å². The minimum absolute atomic E-state index is 0.435. The molecule has 3 nitrogen and oxygen atoms in total. The van der Waals surface area contributed by atoms with Crippen molar-refractivity contribution in [3.63, 3.8) is 0 Å². The maximum atomic E-state index is 5.66. The molecule has 3 heteroatoms. The van der Waals surface area contributed by atoms with Gasteiger partial charge in [-0.3, -0.25) is 4.90 Å². The molecule has 0 unspecified atom stereocenters. The van der Waals surface area contributed by atoms with Crippen LogP contribution in [0.3, 0.4) is 0 Å². The molecule has 1 heterocycles. The number of nitrogens with two attached hydrogens (primary N) is 1. The first kappa shape index (κ1) is 14.3. The van der Waals surface area contributed by atoms with Gasteiger partial charge in [-0.1, -0.05) is 13.8 Å². The van der Waals surface area contributed by atoms with Crippen molar-refractivity contribution in [3.05, 3.63) is 0 Å². The maximum Gasteiger partial charge on any atom is 0.0113 e. The molecule has 0 amide bonds. The van der Waals surface area contributed by atoms with Crippen LogP contribution in [0.1, 0.15) is 46.0 Å². The smallest absolute Gasteiger partial charge is 0.0113 e. The molecule has 1 aliphatic heterocycles. The summed E-state index contributed by atoms with van der Waals surface area (Å²) in [5.41, 5.74) is 6.10. The summed E-state index contributed by atoms with van der Waals surface area (Å²) >= 11 is 0. The molecular formula is C15H31N3. The fourth-order valence-corrected chi connectivity index (χ4v) is 3.09. The van der Waals surface area contributed by atoms with Crippen molar-refractivity contribution in [1.82, 2.24) is 9.80 Å². The minimum atomic E-state index is 0.435. The van der Waals surface area contributed by atoms with E-state index in [-0.39, 0.29) is 0 Å². The molecule has 0 atom stereocenters. The molecule has 0 aromatic heterocycles. The molecular weight excluding hydrogens is 222 g/mol. The molecule has 0 aromatic carbocycles. The number of piperazine rings is 1. The second-order valence-electron chi connectivity index (χ2n) is 6.92. The molecule has 2 N–H and O–H groups in total. The van der Waals surface area contributed by atoms with Crippen LogP contribution in [0.4, 0.5) is 0 Å². The Kier molecular flexibility index (Phi) is 5.05. The van der Waals surface area contributed by atoms with Crippen LogP contribution in [0, 0.1) is 5.41 Å². The van der Waals surface area contributed by atoms with Crippen LogP contribution < -0.4 is 5.73 Å². The Morgan fingerprint density at radius 2 is 1.72 bits per heavy atom. The van der Waals surface area contributed by atoms with Crippen molar-refractivity contribution >= 4 is 0 Å². The average molecular weight is 253 g/mol. The Hall–Kier alpha value is -0.120. The van der Waals surface area contributed by atoms with E-state index >= 15 is 0 Å². The molecule has 1 saturated heterocycles. The molecule has 2 rings (SSSR count). The van der Waals surface area contributed by atoms with Crippen LogP contribution in [0.15, 0.2) is 0 Å². The van der Waals surface area contributed by atoms with Gasteiger partial charge in [0.2, 0.25) is 0 Å². The largest absolute Gasteiger partial charge is 0.330 e. The van der Waals surface area contributed by atoms with Crippen LogP contribution >= 0.6 is 0 Å². The monoisotopic (exact) mass is 253 g/mol. The van der Waals surface area contributed by atoms with Crippen LogP contribution in [-0.2, 0) is 0 Å². The molecule has 18 heavy (non-hydrogen) atoms. The fraction of sp³-hybridized carbons (Fsp3) is 1.00. The Morgan fingerprint density at radius 3 is 2.28 bits per heavy atom. The predicted molar refractivity (Wildman–Crippen MR) is 77.7 cm³/mol. The Morgan fingerprint density at radius 1 is 1.06 bits per heavy atom. The summed E-state index contributed by atoms with van der Waals surface area (Å²) in [7, 11) is 0. The highest BCUT2D eigenvalue weighted by Crippen LogP contribution is 2.28. The van der Waals surface area contributed by atoms with Crippen molar-refractivity contribution in [2.75, 3.05) is 39.3 Å². The summed E-state index contributed by atoms with van der Waals surface area (Å²) in [4.78, 5) is 5.34. The van der Waals surface area contributed by atoms with E-state index in [1.165, 1.54) is 58.4 Å². The van der Waals surface area contributed by atoms with Gasteiger partial charge >= 0.3 is 0 Å². The maximum absolute atomic E-state index is 5.66. The van der Waals surface area contributed by atoms with Crippen LogP contribution in [0.25, 0.3) is 0 Å². The van der Waals surface area contributed by atoms with Crippen LogP contribution in [0.2, 0.25) is 0 Å². The highest BCUT2D eigenvalue weighted by Gasteiger charge is 2.31. The summed E-state index contributed by atoms with van der Waals surface area (Å²) in [5.74, 6) is 0. The zero-order valence-electron chi connectivity index (χ0n) is 12.3. The molecule has 1 saturated carbocycles. The van der Waals surface area contributed by atoms with Gasteiger partial charge in [-0.2, -0.15) is 0 Å². The predicted octanol–water partition coefficient (Wildman–Crippen LogP) is 1.92. The van der Waals surface area contributed by atoms with Gasteiger partial charge in [-0.15, -0.1) is 0 Å². The number of hydrogen-bond donors (Lipinski definition) is 1. The lowest BCUT2D eigenvalue weighted by Gasteiger charge is -2.35. The molecule has 2 aliphatic rings. The lowest BCUT2D eigenvalue weighted by atomic mass is 9.84. The van der Waals surface area contributed by atoms with Crippen molar-refractivity contribution in [2.45, 2.75) is 52.0 Å². The van der Waals surface area contributed by atoms with E-state index in [9.17, 15) is 0 Å². The first-order valence-corrected chi connectivity index (χ1v) is 7.77. The van der Waals surface area contributed by atoms with E-state index in [1.54, 1.807) is 0 Å². The second-order valence-corrected chi connectivity index (χ2v) is 6.92. The zero-order chi connectivity index (χ0) is 13.0. The molecule has 1 aliphatic carbocycles. The Bertz CT molecular complexity index is 240. The summed E-state index contributed by atoms with van der Waals surface area (Å²) < 4.78 is 0. The molecule has 0 radical (unpaired) electrons. The van der Waals surface area contributed by atoms with Crippen molar-refractivity contribution < 1.29 is 0 Å². The summed E-state index contributed by atoms with van der Waals surface area (Å²) in [6.45, 7) is 12.0. The number of hydrogen-bond acceptors (Lipinski definition) is 3. The van der Waals surface area contributed by atoms with E-state index in [0.717, 1.165) is 19.0 Å². The standard InChI is InChI=1S/C15H31N3/c1-15(2,7-8-16)6-3-9-17-10-12-18(13-11-17)14-4-5-14/h14H,3-13,16H2,1-2H3. The van der Waals surface area contributed by atoms with Gasteiger partial charge in [0.25, 0.3) is 0 Å². The van der Waals surface area contributed by atoms with Gasteiger partial charge in [-0.05, 0) is 50.6 Å². The third-order valence-corrected chi connectivity index (χ3v) is 4.62. The Balaban J connectivity index is 1.57. The van der Waals surface area contributed by atoms with Gasteiger partial charge in [0.1, 0.15) is 0 Å². The van der Waals surface area contributed by atoms with Crippen molar-refractivity contribution in [1.29, 1.82) is 0 Å². The highest BCUT2D eigenvalue weighted by molar-refractivity contribution is 4.87. The SMILES string of the molecule is CC(C)(CCN)CCCN1CCN(C2CC2)CC1. The molecule has 0 bridgehead atoms. The average Bonchev–Trinajstić information content (AvgIpc) is 3.13. The number of nitrogens with zero attached hydrogens (tertiary/aromatic N) is 2. The van der Waals surface area contributed by atoms with Crippen LogP contribution in [-0.4, -0.2) is 55.1 Å². The third kappa shape index (κ3) is 4.52. The first-order valence-electron chi connectivity index (χ1n) is 7.77. The van der Waals surface area contributed by atoms with E-state index < -0.39 is 0 Å². The van der Waals surface area contributed by atoms with E-state index in [2.05, 4.69) is 23.6 Å². The van der Waals surface area contributed by atoms with E-state index in [0.29, 0.717) is 5.41 Å². The topological polar surface area (TPSA) is 32.5 Å². The fourth-order valence-electron chi connectivity index (χ4n) is 3.09. The van der Waals surface area contributed by atoms with Crippen molar-refractivity contribution in [3.8, 4) is 0 Å². The molecule has 106 valence electrons. The van der Waals surface area contributed by atoms with E-state index in [4.69, 9.17) is 5.73 Å². The first-order chi connectivity index (χ1) is 8.61. The normalized spacial score (nSPS) is 23.5. The molecule has 2 fully saturated rings. The van der Waals surface area contributed by atoms with Crippen LogP contribution in [0.5, 0.6) is 0 Å². The zero-order valence-corrected chi connectivity index (χ0v) is 12.3. The van der Waals surface area contributed by atoms with Gasteiger partial charge in [0, 0.05) is 32.2 Å². The summed E-state index contributed by atoms with van der Waals surface area (Å²) in [6, 6.07) is 0.954. The molecule has 0 spiro atoms. The lowest BCUT2D eigenvalue weighted by molar-refractivity contribution is 0.121. The Labute approximate surface area is 113 Å². The van der Waals surface area contributed by atoms with Gasteiger partial charge in [0.15, 0.2) is 0 Å². The molecule has 0 aromatic rings. The van der Waals surface area contributed by atoms with Crippen molar-refractivity contribution in [2.24, 2.45) is 11.1 Å². The lowest BCUT2D eigenvalue weighted by Crippen LogP contribution is -2.47. The second kappa shape index (κ2) is 6.36.